The van der Waals surface area contributed by atoms with E-state index in [1.165, 1.54) is 0 Å². The van der Waals surface area contributed by atoms with Crippen molar-refractivity contribution >= 4 is 44.1 Å². The summed E-state index contributed by atoms with van der Waals surface area (Å²) in [4.78, 5) is 22.8. The van der Waals surface area contributed by atoms with Crippen LogP contribution in [-0.4, -0.2) is 11.7 Å². The molecule has 0 bridgehead atoms. The summed E-state index contributed by atoms with van der Waals surface area (Å²) < 4.78 is 0.919. The maximum Gasteiger partial charge on any atom is 0.296 e. The van der Waals surface area contributed by atoms with Gasteiger partial charge in [-0.25, -0.2) is 0 Å². The average molecular weight is 276 g/mol. The SMILES string of the molecule is O=C1Nc2c(ccc3ccc(Br)cc23)C1=O. The lowest BCUT2D eigenvalue weighted by Gasteiger charge is -2.04. The lowest BCUT2D eigenvalue weighted by molar-refractivity contribution is -0.112. The van der Waals surface area contributed by atoms with E-state index >= 15 is 0 Å². The van der Waals surface area contributed by atoms with E-state index in [0.717, 1.165) is 15.2 Å². The summed E-state index contributed by atoms with van der Waals surface area (Å²) >= 11 is 3.37. The van der Waals surface area contributed by atoms with Crippen LogP contribution in [0, 0.1) is 0 Å². The zero-order valence-electron chi connectivity index (χ0n) is 8.08. The molecule has 0 saturated heterocycles. The standard InChI is InChI=1S/C12H6BrNO2/c13-7-3-1-6-2-4-8-10(9(6)5-7)14-12(16)11(8)15/h1-5H,(H,14,15,16). The molecule has 1 N–H and O–H groups in total. The van der Waals surface area contributed by atoms with Gasteiger partial charge in [-0.2, -0.15) is 0 Å². The van der Waals surface area contributed by atoms with Gasteiger partial charge in [-0.15, -0.1) is 0 Å². The first-order valence-corrected chi connectivity index (χ1v) is 5.54. The summed E-state index contributed by atoms with van der Waals surface area (Å²) in [6, 6.07) is 9.29. The number of benzene rings is 2. The molecule has 0 aliphatic carbocycles. The highest BCUT2D eigenvalue weighted by atomic mass is 79.9. The number of halogens is 1. The Morgan fingerprint density at radius 1 is 1.06 bits per heavy atom. The monoisotopic (exact) mass is 275 g/mol. The quantitative estimate of drug-likeness (QED) is 0.752. The number of carbonyl (C=O) groups excluding carboxylic acids is 2. The minimum Gasteiger partial charge on any atom is -0.318 e. The number of ketones is 1. The first-order chi connectivity index (χ1) is 7.66. The van der Waals surface area contributed by atoms with Crippen molar-refractivity contribution in [1.29, 1.82) is 0 Å². The topological polar surface area (TPSA) is 46.2 Å². The molecule has 4 heteroatoms. The molecule has 2 aromatic rings. The predicted molar refractivity (Wildman–Crippen MR) is 64.6 cm³/mol. The molecular formula is C12H6BrNO2. The fourth-order valence-electron chi connectivity index (χ4n) is 1.91. The maximum absolute atomic E-state index is 11.5. The number of amides is 1. The van der Waals surface area contributed by atoms with E-state index in [4.69, 9.17) is 0 Å². The average Bonchev–Trinajstić information content (AvgIpc) is 2.56. The zero-order valence-corrected chi connectivity index (χ0v) is 9.67. The van der Waals surface area contributed by atoms with Gasteiger partial charge in [0.05, 0.1) is 11.3 Å². The molecule has 1 aliphatic heterocycles. The van der Waals surface area contributed by atoms with Crippen LogP contribution in [0.5, 0.6) is 0 Å². The van der Waals surface area contributed by atoms with Crippen molar-refractivity contribution in [2.24, 2.45) is 0 Å². The van der Waals surface area contributed by atoms with Crippen LogP contribution >= 0.6 is 15.9 Å². The molecular weight excluding hydrogens is 270 g/mol. The van der Waals surface area contributed by atoms with E-state index in [2.05, 4.69) is 21.2 Å². The molecule has 2 aromatic carbocycles. The van der Waals surface area contributed by atoms with E-state index in [9.17, 15) is 9.59 Å². The van der Waals surface area contributed by atoms with Crippen molar-refractivity contribution in [3.8, 4) is 0 Å². The second kappa shape index (κ2) is 3.15. The van der Waals surface area contributed by atoms with Gasteiger partial charge in [-0.1, -0.05) is 28.1 Å². The highest BCUT2D eigenvalue weighted by molar-refractivity contribution is 9.10. The van der Waals surface area contributed by atoms with Gasteiger partial charge < -0.3 is 5.32 Å². The molecule has 0 aromatic heterocycles. The van der Waals surface area contributed by atoms with Gasteiger partial charge in [-0.05, 0) is 23.6 Å². The van der Waals surface area contributed by atoms with Crippen LogP contribution in [0.25, 0.3) is 10.8 Å². The number of rotatable bonds is 0. The van der Waals surface area contributed by atoms with E-state index in [1.807, 2.05) is 24.3 Å². The molecule has 1 amide bonds. The highest BCUT2D eigenvalue weighted by Crippen LogP contribution is 2.33. The largest absolute Gasteiger partial charge is 0.318 e. The third-order valence-electron chi connectivity index (χ3n) is 2.67. The van der Waals surface area contributed by atoms with Crippen LogP contribution in [0.15, 0.2) is 34.8 Å². The summed E-state index contributed by atoms with van der Waals surface area (Å²) in [6.45, 7) is 0. The summed E-state index contributed by atoms with van der Waals surface area (Å²) in [6.07, 6.45) is 0. The predicted octanol–water partition coefficient (Wildman–Crippen LogP) is 2.74. The fraction of sp³-hybridized carbons (Fsp3) is 0. The normalized spacial score (nSPS) is 14.1. The smallest absolute Gasteiger partial charge is 0.296 e. The van der Waals surface area contributed by atoms with Crippen molar-refractivity contribution < 1.29 is 9.59 Å². The molecule has 0 radical (unpaired) electrons. The number of Topliss-reactive ketones (excluding diaryl/α,β-unsaturated/α-hetero) is 1. The molecule has 78 valence electrons. The Labute approximate surface area is 99.6 Å². The molecule has 0 unspecified atom stereocenters. The van der Waals surface area contributed by atoms with Crippen molar-refractivity contribution in [3.05, 3.63) is 40.4 Å². The zero-order chi connectivity index (χ0) is 11.3. The highest BCUT2D eigenvalue weighted by Gasteiger charge is 2.29. The van der Waals surface area contributed by atoms with E-state index < -0.39 is 11.7 Å². The van der Waals surface area contributed by atoms with Gasteiger partial charge in [0.15, 0.2) is 0 Å². The van der Waals surface area contributed by atoms with Crippen LogP contribution in [0.3, 0.4) is 0 Å². The van der Waals surface area contributed by atoms with Crippen LogP contribution in [0.1, 0.15) is 10.4 Å². The fourth-order valence-corrected chi connectivity index (χ4v) is 2.27. The summed E-state index contributed by atoms with van der Waals surface area (Å²) in [5.41, 5.74) is 1.07. The molecule has 3 rings (SSSR count). The number of nitrogens with one attached hydrogen (secondary N) is 1. The summed E-state index contributed by atoms with van der Waals surface area (Å²) in [7, 11) is 0. The molecule has 0 saturated carbocycles. The van der Waals surface area contributed by atoms with E-state index in [1.54, 1.807) is 6.07 Å². The van der Waals surface area contributed by atoms with Gasteiger partial charge in [0.2, 0.25) is 0 Å². The van der Waals surface area contributed by atoms with Crippen molar-refractivity contribution in [2.45, 2.75) is 0 Å². The third-order valence-corrected chi connectivity index (χ3v) is 3.17. The molecule has 0 fully saturated rings. The lowest BCUT2D eigenvalue weighted by atomic mass is 10.0. The minimum atomic E-state index is -0.553. The van der Waals surface area contributed by atoms with Gasteiger partial charge in [0.1, 0.15) is 0 Å². The Morgan fingerprint density at radius 3 is 2.62 bits per heavy atom. The van der Waals surface area contributed by atoms with Crippen molar-refractivity contribution in [2.75, 3.05) is 5.32 Å². The molecule has 1 aliphatic rings. The molecule has 3 nitrogen and oxygen atoms in total. The molecule has 0 spiro atoms. The Kier molecular flexibility index (Phi) is 1.88. The first-order valence-electron chi connectivity index (χ1n) is 4.75. The number of anilines is 1. The van der Waals surface area contributed by atoms with Gasteiger partial charge >= 0.3 is 0 Å². The summed E-state index contributed by atoms with van der Waals surface area (Å²) in [5, 5.41) is 4.49. The van der Waals surface area contributed by atoms with Gasteiger partial charge in [0, 0.05) is 9.86 Å². The van der Waals surface area contributed by atoms with Crippen LogP contribution in [0.4, 0.5) is 5.69 Å². The van der Waals surface area contributed by atoms with Crippen molar-refractivity contribution in [3.63, 3.8) is 0 Å². The number of hydrogen-bond acceptors (Lipinski definition) is 2. The van der Waals surface area contributed by atoms with Crippen LogP contribution in [-0.2, 0) is 4.79 Å². The molecule has 1 heterocycles. The number of hydrogen-bond donors (Lipinski definition) is 1. The Morgan fingerprint density at radius 2 is 1.81 bits per heavy atom. The van der Waals surface area contributed by atoms with Crippen LogP contribution < -0.4 is 5.32 Å². The van der Waals surface area contributed by atoms with Gasteiger partial charge in [0.25, 0.3) is 11.7 Å². The Bertz CT molecular complexity index is 649. The van der Waals surface area contributed by atoms with Crippen molar-refractivity contribution in [1.82, 2.24) is 0 Å². The summed E-state index contributed by atoms with van der Waals surface area (Å²) in [5.74, 6) is -1.01. The minimum absolute atomic E-state index is 0.454. The van der Waals surface area contributed by atoms with Gasteiger partial charge in [-0.3, -0.25) is 9.59 Å². The number of carbonyl (C=O) groups is 2. The van der Waals surface area contributed by atoms with Crippen LogP contribution in [0.2, 0.25) is 0 Å². The van der Waals surface area contributed by atoms with E-state index in [0.29, 0.717) is 11.3 Å². The third kappa shape index (κ3) is 1.20. The maximum atomic E-state index is 11.5. The Balaban J connectivity index is 2.42. The second-order valence-electron chi connectivity index (χ2n) is 3.64. The number of fused-ring (bicyclic) bond motifs is 3. The molecule has 0 atom stereocenters. The Hall–Kier alpha value is -1.68. The lowest BCUT2D eigenvalue weighted by Crippen LogP contribution is -2.12. The first kappa shape index (κ1) is 9.54. The van der Waals surface area contributed by atoms with E-state index in [-0.39, 0.29) is 0 Å². The second-order valence-corrected chi connectivity index (χ2v) is 4.55. The molecule has 16 heavy (non-hydrogen) atoms.